The summed E-state index contributed by atoms with van der Waals surface area (Å²) < 4.78 is 4.70. The number of benzene rings is 1. The first kappa shape index (κ1) is 5.93. The van der Waals surface area contributed by atoms with E-state index < -0.39 is 0 Å². The van der Waals surface area contributed by atoms with Crippen LogP contribution in [-0.4, -0.2) is 5.16 Å². The molecule has 0 aliphatic carbocycles. The molecular weight excluding hydrogens is 140 g/mol. The average molecular weight is 144 g/mol. The van der Waals surface area contributed by atoms with E-state index in [4.69, 9.17) is 9.78 Å². The second kappa shape index (κ2) is 2.10. The van der Waals surface area contributed by atoms with E-state index in [0.29, 0.717) is 5.56 Å². The average Bonchev–Trinajstić information content (AvgIpc) is 2.50. The highest BCUT2D eigenvalue weighted by molar-refractivity contribution is 5.78. The molecule has 0 unspecified atom stereocenters. The number of nitrogens with zero attached hydrogens (tertiary/aromatic N) is 2. The molecule has 2 aromatic rings. The molecule has 0 saturated heterocycles. The Hall–Kier alpha value is -1.82. The fraction of sp³-hybridized carbons (Fsp3) is 0. The Morgan fingerprint density at radius 2 is 2.36 bits per heavy atom. The Kier molecular flexibility index (Phi) is 1.13. The molecule has 0 aliphatic heterocycles. The Morgan fingerprint density at radius 1 is 1.45 bits per heavy atom. The van der Waals surface area contributed by atoms with Crippen molar-refractivity contribution in [3.05, 3.63) is 30.0 Å². The van der Waals surface area contributed by atoms with Crippen LogP contribution in [0.2, 0.25) is 0 Å². The minimum Gasteiger partial charge on any atom is -0.364 e. The van der Waals surface area contributed by atoms with Gasteiger partial charge in [-0.2, -0.15) is 5.26 Å². The predicted molar refractivity (Wildman–Crippen MR) is 38.7 cm³/mol. The Balaban J connectivity index is 2.79. The first-order chi connectivity index (χ1) is 5.40. The van der Waals surface area contributed by atoms with Crippen LogP contribution in [-0.2, 0) is 0 Å². The lowest BCUT2D eigenvalue weighted by Gasteiger charge is -1.84. The van der Waals surface area contributed by atoms with Gasteiger partial charge in [-0.05, 0) is 18.2 Å². The van der Waals surface area contributed by atoms with Crippen molar-refractivity contribution < 1.29 is 4.52 Å². The minimum absolute atomic E-state index is 0.603. The van der Waals surface area contributed by atoms with Crippen molar-refractivity contribution in [3.63, 3.8) is 0 Å². The largest absolute Gasteiger partial charge is 0.364 e. The third-order valence-corrected chi connectivity index (χ3v) is 1.49. The number of nitriles is 1. The van der Waals surface area contributed by atoms with E-state index in [1.54, 1.807) is 18.4 Å². The van der Waals surface area contributed by atoms with Gasteiger partial charge in [0.1, 0.15) is 11.8 Å². The molecule has 0 spiro atoms. The molecule has 3 nitrogen and oxygen atoms in total. The normalized spacial score (nSPS) is 9.73. The third-order valence-electron chi connectivity index (χ3n) is 1.49. The molecule has 0 saturated carbocycles. The number of hydrogen-bond donors (Lipinski definition) is 0. The van der Waals surface area contributed by atoms with Gasteiger partial charge in [0.05, 0.1) is 11.6 Å². The third kappa shape index (κ3) is 0.849. The number of fused-ring (bicyclic) bond motifs is 1. The smallest absolute Gasteiger partial charge is 0.131 e. The summed E-state index contributed by atoms with van der Waals surface area (Å²) >= 11 is 0. The summed E-state index contributed by atoms with van der Waals surface area (Å²) in [5, 5.41) is 13.1. The van der Waals surface area contributed by atoms with E-state index in [-0.39, 0.29) is 0 Å². The number of hydrogen-bond acceptors (Lipinski definition) is 3. The molecule has 0 fully saturated rings. The molecule has 1 aromatic heterocycles. The monoisotopic (exact) mass is 144 g/mol. The number of rotatable bonds is 0. The summed E-state index contributed by atoms with van der Waals surface area (Å²) in [4.78, 5) is 0. The summed E-state index contributed by atoms with van der Waals surface area (Å²) in [6, 6.07) is 7.27. The second-order valence-electron chi connectivity index (χ2n) is 2.20. The lowest BCUT2D eigenvalue weighted by atomic mass is 10.2. The fourth-order valence-electron chi connectivity index (χ4n) is 0.932. The molecule has 0 atom stereocenters. The summed E-state index contributed by atoms with van der Waals surface area (Å²) in [6.07, 6.45) is 1.55. The van der Waals surface area contributed by atoms with Crippen molar-refractivity contribution in [1.82, 2.24) is 5.16 Å². The Morgan fingerprint density at radius 3 is 3.18 bits per heavy atom. The fourth-order valence-corrected chi connectivity index (χ4v) is 0.932. The molecule has 0 N–H and O–H groups in total. The van der Waals surface area contributed by atoms with Crippen molar-refractivity contribution >= 4 is 10.9 Å². The van der Waals surface area contributed by atoms with Crippen molar-refractivity contribution in [1.29, 1.82) is 5.26 Å². The topological polar surface area (TPSA) is 49.8 Å². The van der Waals surface area contributed by atoms with Gasteiger partial charge in [-0.25, -0.2) is 0 Å². The van der Waals surface area contributed by atoms with Crippen LogP contribution in [0.15, 0.2) is 29.0 Å². The Bertz CT molecular complexity index is 425. The highest BCUT2D eigenvalue weighted by Gasteiger charge is 1.97. The van der Waals surface area contributed by atoms with E-state index >= 15 is 0 Å². The van der Waals surface area contributed by atoms with E-state index in [1.807, 2.05) is 12.1 Å². The van der Waals surface area contributed by atoms with Crippen molar-refractivity contribution in [2.75, 3.05) is 0 Å². The van der Waals surface area contributed by atoms with Crippen LogP contribution in [0.1, 0.15) is 5.56 Å². The van der Waals surface area contributed by atoms with Crippen molar-refractivity contribution in [2.45, 2.75) is 0 Å². The summed E-state index contributed by atoms with van der Waals surface area (Å²) in [6.45, 7) is 0. The van der Waals surface area contributed by atoms with Gasteiger partial charge in [-0.1, -0.05) is 5.16 Å². The van der Waals surface area contributed by atoms with Gasteiger partial charge in [0.2, 0.25) is 0 Å². The molecule has 1 aromatic carbocycles. The van der Waals surface area contributed by atoms with Gasteiger partial charge in [0.25, 0.3) is 0 Å². The molecule has 2 rings (SSSR count). The molecule has 0 aliphatic rings. The summed E-state index contributed by atoms with van der Waals surface area (Å²) in [7, 11) is 0. The van der Waals surface area contributed by atoms with E-state index in [1.165, 1.54) is 0 Å². The lowest BCUT2D eigenvalue weighted by molar-refractivity contribution is 0.428. The molecule has 0 bridgehead atoms. The zero-order valence-electron chi connectivity index (χ0n) is 5.61. The zero-order chi connectivity index (χ0) is 7.68. The first-order valence-electron chi connectivity index (χ1n) is 3.14. The van der Waals surface area contributed by atoms with Gasteiger partial charge in [0, 0.05) is 5.39 Å². The van der Waals surface area contributed by atoms with Crippen molar-refractivity contribution in [3.8, 4) is 6.07 Å². The highest BCUT2D eigenvalue weighted by Crippen LogP contribution is 2.12. The second-order valence-corrected chi connectivity index (χ2v) is 2.20. The highest BCUT2D eigenvalue weighted by atomic mass is 16.5. The van der Waals surface area contributed by atoms with Gasteiger partial charge in [0.15, 0.2) is 0 Å². The first-order valence-corrected chi connectivity index (χ1v) is 3.14. The molecule has 0 amide bonds. The quantitative estimate of drug-likeness (QED) is 0.565. The van der Waals surface area contributed by atoms with Crippen LogP contribution >= 0.6 is 0 Å². The van der Waals surface area contributed by atoms with Crippen LogP contribution in [0.25, 0.3) is 10.9 Å². The summed E-state index contributed by atoms with van der Waals surface area (Å²) in [5.74, 6) is 0. The maximum atomic E-state index is 8.53. The molecule has 0 radical (unpaired) electrons. The molecular formula is C8H4N2O. The van der Waals surface area contributed by atoms with Gasteiger partial charge >= 0.3 is 0 Å². The van der Waals surface area contributed by atoms with E-state index in [0.717, 1.165) is 10.9 Å². The van der Waals surface area contributed by atoms with Gasteiger partial charge < -0.3 is 4.52 Å². The van der Waals surface area contributed by atoms with E-state index in [9.17, 15) is 0 Å². The van der Waals surface area contributed by atoms with Gasteiger partial charge in [-0.3, -0.25) is 0 Å². The van der Waals surface area contributed by atoms with Crippen LogP contribution in [0.3, 0.4) is 0 Å². The zero-order valence-corrected chi connectivity index (χ0v) is 5.61. The molecule has 3 heteroatoms. The van der Waals surface area contributed by atoms with E-state index in [2.05, 4.69) is 5.16 Å². The van der Waals surface area contributed by atoms with Crippen LogP contribution in [0.5, 0.6) is 0 Å². The molecule has 52 valence electrons. The molecule has 11 heavy (non-hydrogen) atoms. The van der Waals surface area contributed by atoms with Crippen molar-refractivity contribution in [2.24, 2.45) is 0 Å². The van der Waals surface area contributed by atoms with Crippen LogP contribution in [0, 0.1) is 11.3 Å². The molecule has 1 heterocycles. The van der Waals surface area contributed by atoms with Gasteiger partial charge in [-0.15, -0.1) is 0 Å². The van der Waals surface area contributed by atoms with Crippen LogP contribution < -0.4 is 0 Å². The standard InChI is InChI=1S/C8H4N2O/c9-4-6-1-2-7-5-11-10-8(7)3-6/h1-3,5H. The minimum atomic E-state index is 0.603. The Labute approximate surface area is 62.8 Å². The predicted octanol–water partition coefficient (Wildman–Crippen LogP) is 1.70. The van der Waals surface area contributed by atoms with Crippen LogP contribution in [0.4, 0.5) is 0 Å². The maximum absolute atomic E-state index is 8.53. The lowest BCUT2D eigenvalue weighted by Crippen LogP contribution is -1.72. The maximum Gasteiger partial charge on any atom is 0.131 e. The number of aromatic nitrogens is 1. The SMILES string of the molecule is N#Cc1ccc2conc2c1. The summed E-state index contributed by atoms with van der Waals surface area (Å²) in [5.41, 5.74) is 1.33.